The van der Waals surface area contributed by atoms with Crippen LogP contribution in [0.1, 0.15) is 41.5 Å². The van der Waals surface area contributed by atoms with E-state index in [1.54, 1.807) is 11.3 Å². The number of aryl methyl sites for hydroxylation is 2. The quantitative estimate of drug-likeness (QED) is 0.450. The molecule has 3 aromatic rings. The van der Waals surface area contributed by atoms with Gasteiger partial charge in [-0.2, -0.15) is 4.98 Å². The number of thiophene rings is 1. The van der Waals surface area contributed by atoms with Crippen molar-refractivity contribution in [3.63, 3.8) is 0 Å². The first-order valence-electron chi connectivity index (χ1n) is 11.6. The Morgan fingerprint density at radius 3 is 2.76 bits per heavy atom. The largest absolute Gasteiger partial charge is 0.490 e. The fourth-order valence-electron chi connectivity index (χ4n) is 4.77. The molecule has 3 N–H and O–H groups in total. The monoisotopic (exact) mass is 483 g/mol. The molecule has 1 aromatic carbocycles. The maximum absolute atomic E-state index is 11.1. The molecule has 2 heterocycles. The van der Waals surface area contributed by atoms with Gasteiger partial charge in [0.25, 0.3) is 5.89 Å². The van der Waals surface area contributed by atoms with Crippen LogP contribution < -0.4 is 10.1 Å². The average Bonchev–Trinajstić information content (AvgIpc) is 3.21. The van der Waals surface area contributed by atoms with Crippen LogP contribution in [0.4, 0.5) is 0 Å². The van der Waals surface area contributed by atoms with E-state index in [0.717, 1.165) is 28.0 Å². The van der Waals surface area contributed by atoms with E-state index in [4.69, 9.17) is 19.4 Å². The first kappa shape index (κ1) is 23.0. The highest BCUT2D eigenvalue weighted by Crippen LogP contribution is 2.56. The van der Waals surface area contributed by atoms with E-state index >= 15 is 0 Å². The summed E-state index contributed by atoms with van der Waals surface area (Å²) in [6, 6.07) is 3.88. The van der Waals surface area contributed by atoms with Crippen LogP contribution in [0.5, 0.6) is 5.75 Å². The Kier molecular flexibility index (Phi) is 6.18. The van der Waals surface area contributed by atoms with Crippen LogP contribution in [0, 0.1) is 19.3 Å². The number of carbonyl (C=O) groups excluding carboxylic acids is 1. The van der Waals surface area contributed by atoms with Crippen molar-refractivity contribution in [2.24, 2.45) is 5.41 Å². The van der Waals surface area contributed by atoms with Gasteiger partial charge in [-0.15, -0.1) is 11.3 Å². The molecule has 9 heteroatoms. The van der Waals surface area contributed by atoms with Crippen LogP contribution in [-0.4, -0.2) is 52.1 Å². The molecule has 180 valence electrons. The van der Waals surface area contributed by atoms with E-state index in [9.17, 15) is 9.90 Å². The minimum Gasteiger partial charge on any atom is -0.490 e. The third kappa shape index (κ3) is 4.60. The van der Waals surface area contributed by atoms with E-state index in [0.29, 0.717) is 22.9 Å². The van der Waals surface area contributed by atoms with Gasteiger partial charge in [0.15, 0.2) is 0 Å². The highest BCUT2D eigenvalue weighted by molar-refractivity contribution is 7.13. The molecule has 2 aliphatic carbocycles. The van der Waals surface area contributed by atoms with Crippen molar-refractivity contribution in [1.29, 1.82) is 0 Å². The van der Waals surface area contributed by atoms with Crippen LogP contribution in [0.25, 0.3) is 22.2 Å². The topological polar surface area (TPSA) is 118 Å². The fourth-order valence-corrected chi connectivity index (χ4v) is 5.82. The lowest BCUT2D eigenvalue weighted by atomic mass is 9.83. The SMILES string of the molecule is Cc1cc(-c2noc(-c3scc4c3CCC3(CC3)C4)n2)cc(C)c1OCC(O)CNC(=O)CO. The number of aliphatic hydroxyl groups excluding tert-OH is 2. The number of carbonyl (C=O) groups is 1. The summed E-state index contributed by atoms with van der Waals surface area (Å²) in [7, 11) is 0. The summed E-state index contributed by atoms with van der Waals surface area (Å²) in [5.74, 6) is 1.25. The standard InChI is InChI=1S/C25H29N3O5S/c1-14-7-16(8-15(2)21(14)32-12-18(30)10-26-20(31)11-29)23-27-24(33-28-23)22-19-3-4-25(5-6-25)9-17(19)13-34-22/h7-8,13,18,29-30H,3-6,9-12H2,1-2H3,(H,26,31). The van der Waals surface area contributed by atoms with Gasteiger partial charge in [0.05, 0.1) is 4.88 Å². The predicted octanol–water partition coefficient (Wildman–Crippen LogP) is 3.20. The summed E-state index contributed by atoms with van der Waals surface area (Å²) >= 11 is 1.70. The third-order valence-electron chi connectivity index (χ3n) is 6.85. The number of nitrogens with one attached hydrogen (secondary N) is 1. The van der Waals surface area contributed by atoms with Crippen molar-refractivity contribution in [1.82, 2.24) is 15.5 Å². The summed E-state index contributed by atoms with van der Waals surface area (Å²) in [5.41, 5.74) is 6.02. The lowest BCUT2D eigenvalue weighted by molar-refractivity contribution is -0.124. The Labute approximate surface area is 202 Å². The molecule has 0 saturated heterocycles. The van der Waals surface area contributed by atoms with Crippen molar-refractivity contribution in [2.45, 2.75) is 52.1 Å². The number of nitrogens with zero attached hydrogens (tertiary/aromatic N) is 2. The Hall–Kier alpha value is -2.75. The molecule has 2 aromatic heterocycles. The van der Waals surface area contributed by atoms with Gasteiger partial charge in [-0.3, -0.25) is 4.79 Å². The van der Waals surface area contributed by atoms with Crippen molar-refractivity contribution in [3.8, 4) is 27.9 Å². The number of benzene rings is 1. The number of aliphatic hydroxyl groups is 2. The van der Waals surface area contributed by atoms with E-state index < -0.39 is 18.6 Å². The van der Waals surface area contributed by atoms with E-state index in [2.05, 4.69) is 15.9 Å². The van der Waals surface area contributed by atoms with Crippen molar-refractivity contribution in [2.75, 3.05) is 19.8 Å². The Morgan fingerprint density at radius 2 is 2.06 bits per heavy atom. The van der Waals surface area contributed by atoms with Crippen LogP contribution in [-0.2, 0) is 17.6 Å². The van der Waals surface area contributed by atoms with E-state index in [1.165, 1.54) is 36.8 Å². The number of rotatable bonds is 8. The summed E-state index contributed by atoms with van der Waals surface area (Å²) in [5, 5.41) is 27.7. The second-order valence-electron chi connectivity index (χ2n) is 9.53. The fraction of sp³-hybridized carbons (Fsp3) is 0.480. The Morgan fingerprint density at radius 1 is 1.29 bits per heavy atom. The molecule has 1 unspecified atom stereocenters. The van der Waals surface area contributed by atoms with Gasteiger partial charge in [0, 0.05) is 12.1 Å². The third-order valence-corrected chi connectivity index (χ3v) is 7.91. The Balaban J connectivity index is 1.28. The molecule has 1 fully saturated rings. The van der Waals surface area contributed by atoms with Crippen molar-refractivity contribution < 1.29 is 24.3 Å². The zero-order valence-electron chi connectivity index (χ0n) is 19.4. The zero-order chi connectivity index (χ0) is 23.9. The molecule has 1 atom stereocenters. The maximum Gasteiger partial charge on any atom is 0.268 e. The lowest BCUT2D eigenvalue weighted by Crippen LogP contribution is -2.36. The molecule has 2 aliphatic rings. The molecule has 1 amide bonds. The number of hydrogen-bond donors (Lipinski definition) is 3. The molecule has 0 bridgehead atoms. The van der Waals surface area contributed by atoms with Crippen molar-refractivity contribution in [3.05, 3.63) is 39.8 Å². The minimum atomic E-state index is -0.889. The second kappa shape index (κ2) is 9.13. The molecular weight excluding hydrogens is 454 g/mol. The van der Waals surface area contributed by atoms with Crippen LogP contribution >= 0.6 is 11.3 Å². The molecule has 5 rings (SSSR count). The summed E-state index contributed by atoms with van der Waals surface area (Å²) in [4.78, 5) is 16.9. The van der Waals surface area contributed by atoms with Crippen LogP contribution in [0.15, 0.2) is 22.0 Å². The number of aromatic nitrogens is 2. The van der Waals surface area contributed by atoms with Gasteiger partial charge in [-0.25, -0.2) is 0 Å². The number of amides is 1. The second-order valence-corrected chi connectivity index (χ2v) is 10.4. The predicted molar refractivity (Wildman–Crippen MR) is 128 cm³/mol. The number of hydrogen-bond acceptors (Lipinski definition) is 8. The lowest BCUT2D eigenvalue weighted by Gasteiger charge is -2.21. The van der Waals surface area contributed by atoms with Crippen LogP contribution in [0.3, 0.4) is 0 Å². The molecule has 8 nitrogen and oxygen atoms in total. The van der Waals surface area contributed by atoms with Gasteiger partial charge in [0.2, 0.25) is 11.7 Å². The summed E-state index contributed by atoms with van der Waals surface area (Å²) in [6.45, 7) is 3.27. The van der Waals surface area contributed by atoms with E-state index in [1.807, 2.05) is 26.0 Å². The summed E-state index contributed by atoms with van der Waals surface area (Å²) < 4.78 is 11.5. The molecule has 1 spiro atoms. The van der Waals surface area contributed by atoms with Gasteiger partial charge in [0.1, 0.15) is 25.1 Å². The molecule has 0 radical (unpaired) electrons. The minimum absolute atomic E-state index is 0.00855. The average molecular weight is 484 g/mol. The zero-order valence-corrected chi connectivity index (χ0v) is 20.2. The smallest absolute Gasteiger partial charge is 0.268 e. The van der Waals surface area contributed by atoms with Gasteiger partial charge >= 0.3 is 0 Å². The van der Waals surface area contributed by atoms with Gasteiger partial charge in [-0.05, 0) is 91.1 Å². The molecule has 0 aliphatic heterocycles. The number of ether oxygens (including phenoxy) is 1. The first-order valence-corrected chi connectivity index (χ1v) is 12.5. The van der Waals surface area contributed by atoms with Gasteiger partial charge in [-0.1, -0.05) is 5.16 Å². The van der Waals surface area contributed by atoms with E-state index in [-0.39, 0.29) is 13.2 Å². The highest BCUT2D eigenvalue weighted by Gasteiger charge is 2.45. The normalized spacial score (nSPS) is 16.8. The summed E-state index contributed by atoms with van der Waals surface area (Å²) in [6.07, 6.45) is 5.36. The first-order chi connectivity index (χ1) is 16.4. The van der Waals surface area contributed by atoms with Crippen LogP contribution in [0.2, 0.25) is 0 Å². The van der Waals surface area contributed by atoms with Crippen molar-refractivity contribution >= 4 is 17.2 Å². The van der Waals surface area contributed by atoms with Gasteiger partial charge < -0.3 is 24.8 Å². The molecule has 1 saturated carbocycles. The molecule has 34 heavy (non-hydrogen) atoms. The number of fused-ring (bicyclic) bond motifs is 1. The highest BCUT2D eigenvalue weighted by atomic mass is 32.1. The maximum atomic E-state index is 11.1. The Bertz CT molecular complexity index is 1190. The molecular formula is C25H29N3O5S.